The largest absolute Gasteiger partial charge is 0.491 e. The molecule has 2 fully saturated rings. The molecule has 3 heterocycles. The van der Waals surface area contributed by atoms with Gasteiger partial charge in [-0.05, 0) is 54.5 Å². The zero-order valence-electron chi connectivity index (χ0n) is 22.6. The molecule has 7 rings (SSSR count). The molecule has 2 aliphatic carbocycles. The molecule has 0 bridgehead atoms. The van der Waals surface area contributed by atoms with Gasteiger partial charge in [0.05, 0.1) is 12.2 Å². The van der Waals surface area contributed by atoms with Crippen LogP contribution in [0.1, 0.15) is 36.0 Å². The highest BCUT2D eigenvalue weighted by molar-refractivity contribution is 6.06. The second kappa shape index (κ2) is 9.68. The molecule has 216 valence electrons. The topological polar surface area (TPSA) is 137 Å². The number of aromatic nitrogens is 2. The SMILES string of the molecule is NC(=O)Cn1cc(-c2ccc3c(c2)CCC32OC(=O)N(CC(=O)N3Cc4cc(F)ccc4OCC3C3CC3)C2=O)cn1. The Hall–Kier alpha value is -4.74. The van der Waals surface area contributed by atoms with E-state index in [9.17, 15) is 23.6 Å². The maximum atomic E-state index is 14.0. The van der Waals surface area contributed by atoms with E-state index < -0.39 is 41.8 Å². The predicted molar refractivity (Wildman–Crippen MR) is 144 cm³/mol. The predicted octanol–water partition coefficient (Wildman–Crippen LogP) is 2.49. The van der Waals surface area contributed by atoms with Gasteiger partial charge in [0.15, 0.2) is 0 Å². The van der Waals surface area contributed by atoms with Crippen LogP contribution in [0.15, 0.2) is 48.8 Å². The Bertz CT molecular complexity index is 1650. The number of rotatable bonds is 6. The number of nitrogens with two attached hydrogens (primary N) is 1. The van der Waals surface area contributed by atoms with E-state index in [1.54, 1.807) is 35.5 Å². The number of benzene rings is 2. The van der Waals surface area contributed by atoms with Crippen molar-refractivity contribution in [3.63, 3.8) is 0 Å². The highest BCUT2D eigenvalue weighted by atomic mass is 19.1. The van der Waals surface area contributed by atoms with E-state index in [0.29, 0.717) is 23.3 Å². The number of amides is 4. The first-order valence-electron chi connectivity index (χ1n) is 13.9. The second-order valence-electron chi connectivity index (χ2n) is 11.3. The summed E-state index contributed by atoms with van der Waals surface area (Å²) in [6.45, 7) is -0.131. The molecule has 11 nitrogen and oxygen atoms in total. The molecule has 1 saturated carbocycles. The van der Waals surface area contributed by atoms with E-state index in [-0.39, 0.29) is 38.1 Å². The first kappa shape index (κ1) is 26.2. The van der Waals surface area contributed by atoms with Gasteiger partial charge in [-0.15, -0.1) is 0 Å². The van der Waals surface area contributed by atoms with Crippen molar-refractivity contribution >= 4 is 23.8 Å². The highest BCUT2D eigenvalue weighted by Gasteiger charge is 2.58. The van der Waals surface area contributed by atoms with Crippen molar-refractivity contribution in [1.82, 2.24) is 19.6 Å². The van der Waals surface area contributed by atoms with Gasteiger partial charge in [0, 0.05) is 35.9 Å². The van der Waals surface area contributed by atoms with E-state index in [1.807, 2.05) is 6.07 Å². The average Bonchev–Trinajstić information content (AvgIpc) is 3.57. The Morgan fingerprint density at radius 1 is 1.07 bits per heavy atom. The summed E-state index contributed by atoms with van der Waals surface area (Å²) in [6, 6.07) is 9.47. The molecule has 2 N–H and O–H groups in total. The monoisotopic (exact) mass is 573 g/mol. The maximum Gasteiger partial charge on any atom is 0.418 e. The number of carbonyl (C=O) groups is 4. The van der Waals surface area contributed by atoms with E-state index >= 15 is 0 Å². The number of fused-ring (bicyclic) bond motifs is 3. The minimum absolute atomic E-state index is 0.0394. The molecule has 4 amide bonds. The van der Waals surface area contributed by atoms with Crippen LogP contribution in [-0.4, -0.2) is 62.6 Å². The van der Waals surface area contributed by atoms with Crippen LogP contribution in [0.4, 0.5) is 9.18 Å². The first-order valence-corrected chi connectivity index (χ1v) is 13.9. The Morgan fingerprint density at radius 3 is 2.69 bits per heavy atom. The van der Waals surface area contributed by atoms with Crippen molar-refractivity contribution in [2.45, 2.75) is 50.4 Å². The van der Waals surface area contributed by atoms with Gasteiger partial charge in [-0.25, -0.2) is 14.1 Å². The lowest BCUT2D eigenvalue weighted by Crippen LogP contribution is -2.49. The number of primary amides is 1. The Labute approximate surface area is 240 Å². The number of halogens is 1. The van der Waals surface area contributed by atoms with Gasteiger partial charge >= 0.3 is 6.09 Å². The van der Waals surface area contributed by atoms with Gasteiger partial charge in [0.25, 0.3) is 5.91 Å². The number of hydrogen-bond acceptors (Lipinski definition) is 7. The van der Waals surface area contributed by atoms with E-state index in [2.05, 4.69) is 5.10 Å². The molecule has 1 spiro atoms. The third-order valence-electron chi connectivity index (χ3n) is 8.60. The van der Waals surface area contributed by atoms with Crippen LogP contribution >= 0.6 is 0 Å². The van der Waals surface area contributed by atoms with Crippen LogP contribution < -0.4 is 10.5 Å². The summed E-state index contributed by atoms with van der Waals surface area (Å²) in [5.74, 6) is -1.15. The fourth-order valence-electron chi connectivity index (χ4n) is 6.34. The van der Waals surface area contributed by atoms with E-state index in [1.165, 1.54) is 16.8 Å². The number of ether oxygens (including phenoxy) is 2. The highest BCUT2D eigenvalue weighted by Crippen LogP contribution is 2.46. The minimum Gasteiger partial charge on any atom is -0.491 e. The van der Waals surface area contributed by atoms with Crippen LogP contribution in [-0.2, 0) is 44.2 Å². The zero-order valence-corrected chi connectivity index (χ0v) is 22.6. The second-order valence-corrected chi connectivity index (χ2v) is 11.3. The van der Waals surface area contributed by atoms with Gasteiger partial charge in [0.1, 0.15) is 31.3 Å². The fourth-order valence-corrected chi connectivity index (χ4v) is 6.34. The van der Waals surface area contributed by atoms with Crippen LogP contribution in [0.25, 0.3) is 11.1 Å². The molecule has 1 saturated heterocycles. The van der Waals surface area contributed by atoms with Crippen molar-refractivity contribution in [2.75, 3.05) is 13.2 Å². The minimum atomic E-state index is -1.49. The Morgan fingerprint density at radius 2 is 1.90 bits per heavy atom. The van der Waals surface area contributed by atoms with Gasteiger partial charge in [-0.1, -0.05) is 18.2 Å². The van der Waals surface area contributed by atoms with Crippen molar-refractivity contribution in [2.24, 2.45) is 11.7 Å². The summed E-state index contributed by atoms with van der Waals surface area (Å²) in [6.07, 6.45) is 5.12. The fraction of sp³-hybridized carbons (Fsp3) is 0.367. The molecule has 12 heteroatoms. The number of hydrogen-bond donors (Lipinski definition) is 1. The van der Waals surface area contributed by atoms with Gasteiger partial charge < -0.3 is 20.1 Å². The van der Waals surface area contributed by atoms with Gasteiger partial charge in [-0.2, -0.15) is 5.10 Å². The molecule has 3 aromatic rings. The summed E-state index contributed by atoms with van der Waals surface area (Å²) in [7, 11) is 0. The number of imide groups is 1. The van der Waals surface area contributed by atoms with Crippen molar-refractivity contribution in [3.8, 4) is 16.9 Å². The van der Waals surface area contributed by atoms with Crippen molar-refractivity contribution in [1.29, 1.82) is 0 Å². The summed E-state index contributed by atoms with van der Waals surface area (Å²) < 4.78 is 27.1. The lowest BCUT2D eigenvalue weighted by molar-refractivity contribution is -0.143. The van der Waals surface area contributed by atoms with E-state index in [0.717, 1.165) is 34.4 Å². The lowest BCUT2D eigenvalue weighted by atomic mass is 9.93. The van der Waals surface area contributed by atoms with Crippen LogP contribution in [0.3, 0.4) is 0 Å². The smallest absolute Gasteiger partial charge is 0.418 e. The third-order valence-corrected chi connectivity index (χ3v) is 8.60. The lowest BCUT2D eigenvalue weighted by Gasteiger charge is -2.30. The number of nitrogens with zero attached hydrogens (tertiary/aromatic N) is 4. The average molecular weight is 574 g/mol. The summed E-state index contributed by atoms with van der Waals surface area (Å²) in [4.78, 5) is 54.3. The van der Waals surface area contributed by atoms with Gasteiger partial charge in [0.2, 0.25) is 17.4 Å². The Kier molecular flexibility index (Phi) is 6.03. The summed E-state index contributed by atoms with van der Waals surface area (Å²) >= 11 is 0. The first-order chi connectivity index (χ1) is 20.2. The summed E-state index contributed by atoms with van der Waals surface area (Å²) in [5.41, 5.74) is 7.35. The van der Waals surface area contributed by atoms with Crippen LogP contribution in [0.5, 0.6) is 5.75 Å². The molecule has 2 unspecified atom stereocenters. The Balaban J connectivity index is 1.12. The molecule has 2 aromatic carbocycles. The van der Waals surface area contributed by atoms with Gasteiger partial charge in [-0.3, -0.25) is 19.1 Å². The van der Waals surface area contributed by atoms with Crippen molar-refractivity contribution in [3.05, 3.63) is 71.3 Å². The molecule has 2 atom stereocenters. The standard InChI is InChI=1S/C30H28FN5O6/c31-22-4-6-25-20(10-22)13-35(24(16-41-25)17-1-2-17)27(38)15-36-28(39)30(42-29(36)40)8-7-19-9-18(3-5-23(19)30)21-11-33-34(12-21)14-26(32)37/h3-6,9-12,17,24H,1-2,7-8,13-16H2,(H2,32,37). The quantitative estimate of drug-likeness (QED) is 0.478. The number of aryl methyl sites for hydroxylation is 1. The zero-order chi connectivity index (χ0) is 29.2. The van der Waals surface area contributed by atoms with E-state index in [4.69, 9.17) is 15.2 Å². The summed E-state index contributed by atoms with van der Waals surface area (Å²) in [5, 5.41) is 4.16. The molecular formula is C30H28FN5O6. The van der Waals surface area contributed by atoms with Crippen LogP contribution in [0.2, 0.25) is 0 Å². The normalized spacial score (nSPS) is 22.9. The van der Waals surface area contributed by atoms with Crippen LogP contribution in [0, 0.1) is 11.7 Å². The number of carbonyl (C=O) groups excluding carboxylic acids is 4. The van der Waals surface area contributed by atoms with Crippen molar-refractivity contribution < 1.29 is 33.0 Å². The maximum absolute atomic E-state index is 14.0. The molecular weight excluding hydrogens is 545 g/mol. The molecule has 42 heavy (non-hydrogen) atoms. The molecule has 1 aromatic heterocycles. The molecule has 0 radical (unpaired) electrons. The third kappa shape index (κ3) is 4.38. The molecule has 2 aliphatic heterocycles. The molecule has 4 aliphatic rings.